The molecule has 1 aromatic rings. The van der Waals surface area contributed by atoms with Crippen LogP contribution in [0.15, 0.2) is 30.3 Å². The van der Waals surface area contributed by atoms with Gasteiger partial charge in [-0.05, 0) is 43.1 Å². The largest absolute Gasteiger partial charge is 0.445 e. The number of benzene rings is 1. The van der Waals surface area contributed by atoms with Gasteiger partial charge in [-0.15, -0.1) is 0 Å². The summed E-state index contributed by atoms with van der Waals surface area (Å²) >= 11 is 0. The van der Waals surface area contributed by atoms with Crippen molar-refractivity contribution in [1.29, 1.82) is 0 Å². The van der Waals surface area contributed by atoms with E-state index in [1.165, 1.54) is 4.90 Å². The Morgan fingerprint density at radius 1 is 1.23 bits per heavy atom. The van der Waals surface area contributed by atoms with E-state index in [4.69, 9.17) is 4.74 Å². The smallest absolute Gasteiger partial charge is 0.410 e. The average molecular weight is 428 g/mol. The van der Waals surface area contributed by atoms with Gasteiger partial charge in [0.05, 0.1) is 6.04 Å². The SMILES string of the molecule is O=C[C@H](CC1CCNC1=O)NC(=O)[C@@H]1[C@H]2CCC[C@H]2CN1C(=O)OCc1ccccc1. The Bertz CT molecular complexity index is 830. The summed E-state index contributed by atoms with van der Waals surface area (Å²) in [6, 6.07) is 8.02. The highest BCUT2D eigenvalue weighted by Gasteiger charge is 2.50. The highest BCUT2D eigenvalue weighted by atomic mass is 16.6. The number of nitrogens with one attached hydrogen (secondary N) is 2. The predicted octanol–water partition coefficient (Wildman–Crippen LogP) is 1.63. The lowest BCUT2D eigenvalue weighted by molar-refractivity contribution is -0.129. The van der Waals surface area contributed by atoms with Crippen molar-refractivity contribution in [3.05, 3.63) is 35.9 Å². The fraction of sp³-hybridized carbons (Fsp3) is 0.565. The Balaban J connectivity index is 1.41. The summed E-state index contributed by atoms with van der Waals surface area (Å²) in [5, 5.41) is 5.54. The second-order valence-electron chi connectivity index (χ2n) is 8.76. The van der Waals surface area contributed by atoms with Gasteiger partial charge < -0.3 is 20.2 Å². The molecule has 31 heavy (non-hydrogen) atoms. The van der Waals surface area contributed by atoms with E-state index < -0.39 is 18.2 Å². The molecule has 3 fully saturated rings. The number of hydrogen-bond donors (Lipinski definition) is 2. The van der Waals surface area contributed by atoms with Gasteiger partial charge in [0.2, 0.25) is 11.8 Å². The van der Waals surface area contributed by atoms with Crippen molar-refractivity contribution in [1.82, 2.24) is 15.5 Å². The zero-order valence-corrected chi connectivity index (χ0v) is 17.5. The van der Waals surface area contributed by atoms with E-state index in [9.17, 15) is 19.2 Å². The van der Waals surface area contributed by atoms with Crippen LogP contribution in [0, 0.1) is 17.8 Å². The fourth-order valence-corrected chi connectivity index (χ4v) is 5.22. The number of fused-ring (bicyclic) bond motifs is 1. The minimum atomic E-state index is -0.746. The van der Waals surface area contributed by atoms with E-state index in [0.717, 1.165) is 24.8 Å². The Labute approximate surface area is 181 Å². The second kappa shape index (κ2) is 9.49. The van der Waals surface area contributed by atoms with Gasteiger partial charge in [0.15, 0.2) is 0 Å². The van der Waals surface area contributed by atoms with E-state index in [0.29, 0.717) is 25.8 Å². The van der Waals surface area contributed by atoms with E-state index in [2.05, 4.69) is 10.6 Å². The number of likely N-dealkylation sites (tertiary alicyclic amines) is 1. The molecule has 1 aliphatic carbocycles. The Morgan fingerprint density at radius 2 is 2.03 bits per heavy atom. The molecule has 3 amide bonds. The maximum Gasteiger partial charge on any atom is 0.410 e. The summed E-state index contributed by atoms with van der Waals surface area (Å²) in [6.45, 7) is 1.23. The summed E-state index contributed by atoms with van der Waals surface area (Å²) in [6.07, 6.45) is 4.01. The Kier molecular flexibility index (Phi) is 6.53. The maximum absolute atomic E-state index is 13.2. The first kappa shape index (κ1) is 21.3. The maximum atomic E-state index is 13.2. The van der Waals surface area contributed by atoms with Gasteiger partial charge in [-0.1, -0.05) is 36.8 Å². The van der Waals surface area contributed by atoms with Gasteiger partial charge in [-0.3, -0.25) is 14.5 Å². The van der Waals surface area contributed by atoms with Crippen LogP contribution in [-0.4, -0.2) is 54.3 Å². The molecule has 2 aliphatic heterocycles. The number of nitrogens with zero attached hydrogens (tertiary/aromatic N) is 1. The molecule has 8 heteroatoms. The number of rotatable bonds is 7. The predicted molar refractivity (Wildman–Crippen MR) is 112 cm³/mol. The zero-order valence-electron chi connectivity index (χ0n) is 17.5. The molecule has 0 aromatic heterocycles. The number of amides is 3. The van der Waals surface area contributed by atoms with Crippen LogP contribution >= 0.6 is 0 Å². The summed E-state index contributed by atoms with van der Waals surface area (Å²) < 4.78 is 5.50. The Morgan fingerprint density at radius 3 is 2.74 bits per heavy atom. The van der Waals surface area contributed by atoms with Crippen LogP contribution in [0.5, 0.6) is 0 Å². The third kappa shape index (κ3) is 4.73. The van der Waals surface area contributed by atoms with E-state index in [1.807, 2.05) is 30.3 Å². The molecule has 0 spiro atoms. The third-order valence-corrected chi connectivity index (χ3v) is 6.79. The molecule has 2 N–H and O–H groups in total. The normalized spacial score (nSPS) is 28.0. The number of hydrogen-bond acceptors (Lipinski definition) is 5. The molecule has 3 aliphatic rings. The van der Waals surface area contributed by atoms with E-state index in [1.54, 1.807) is 0 Å². The van der Waals surface area contributed by atoms with Gasteiger partial charge in [0, 0.05) is 19.0 Å². The van der Waals surface area contributed by atoms with Crippen LogP contribution in [0.3, 0.4) is 0 Å². The van der Waals surface area contributed by atoms with Crippen LogP contribution in [0.25, 0.3) is 0 Å². The van der Waals surface area contributed by atoms with Gasteiger partial charge in [-0.25, -0.2) is 4.79 Å². The van der Waals surface area contributed by atoms with Crippen molar-refractivity contribution in [2.75, 3.05) is 13.1 Å². The highest BCUT2D eigenvalue weighted by molar-refractivity contribution is 5.89. The van der Waals surface area contributed by atoms with Crippen LogP contribution in [0.2, 0.25) is 0 Å². The van der Waals surface area contributed by atoms with Crippen LogP contribution < -0.4 is 10.6 Å². The van der Waals surface area contributed by atoms with Crippen molar-refractivity contribution in [3.8, 4) is 0 Å². The van der Waals surface area contributed by atoms with Crippen LogP contribution in [-0.2, 0) is 25.7 Å². The summed E-state index contributed by atoms with van der Waals surface area (Å²) in [5.74, 6) is -0.336. The average Bonchev–Trinajstić information content (AvgIpc) is 3.48. The number of aldehydes is 1. The molecular weight excluding hydrogens is 398 g/mol. The van der Waals surface area contributed by atoms with E-state index >= 15 is 0 Å². The molecule has 0 bridgehead atoms. The molecule has 1 saturated carbocycles. The first-order valence-corrected chi connectivity index (χ1v) is 11.1. The lowest BCUT2D eigenvalue weighted by Gasteiger charge is -2.28. The van der Waals surface area contributed by atoms with Gasteiger partial charge in [-0.2, -0.15) is 0 Å². The molecule has 0 radical (unpaired) electrons. The summed E-state index contributed by atoms with van der Waals surface area (Å²) in [4.78, 5) is 51.0. The lowest BCUT2D eigenvalue weighted by Crippen LogP contribution is -2.52. The molecule has 2 heterocycles. The minimum Gasteiger partial charge on any atom is -0.445 e. The third-order valence-electron chi connectivity index (χ3n) is 6.79. The molecule has 166 valence electrons. The first-order valence-electron chi connectivity index (χ1n) is 11.1. The van der Waals surface area contributed by atoms with Gasteiger partial charge in [0.1, 0.15) is 18.9 Å². The van der Waals surface area contributed by atoms with Crippen molar-refractivity contribution in [2.24, 2.45) is 17.8 Å². The molecular formula is C23H29N3O5. The molecule has 4 rings (SSSR count). The standard InChI is InChI=1S/C23H29N3O5/c27-13-18(11-16-9-10-24-21(16)28)25-22(29)20-19-8-4-7-17(19)12-26(20)23(30)31-14-15-5-2-1-3-6-15/h1-3,5-6,13,16-20H,4,7-12,14H2,(H,24,28)(H,25,29)/t16?,17-,18-,19-,20-/m0/s1. The molecule has 1 aromatic carbocycles. The summed E-state index contributed by atoms with van der Waals surface area (Å²) in [7, 11) is 0. The molecule has 1 unspecified atom stereocenters. The molecule has 8 nitrogen and oxygen atoms in total. The summed E-state index contributed by atoms with van der Waals surface area (Å²) in [5.41, 5.74) is 0.882. The molecule has 5 atom stereocenters. The highest BCUT2D eigenvalue weighted by Crippen LogP contribution is 2.42. The Hall–Kier alpha value is -2.90. The topological polar surface area (TPSA) is 105 Å². The lowest BCUT2D eigenvalue weighted by atomic mass is 9.93. The minimum absolute atomic E-state index is 0.0753. The van der Waals surface area contributed by atoms with E-state index in [-0.39, 0.29) is 42.6 Å². The number of carbonyl (C=O) groups is 4. The zero-order chi connectivity index (χ0) is 21.8. The monoisotopic (exact) mass is 427 g/mol. The second-order valence-corrected chi connectivity index (χ2v) is 8.76. The number of carbonyl (C=O) groups excluding carboxylic acids is 4. The van der Waals surface area contributed by atoms with Crippen LogP contribution in [0.4, 0.5) is 4.79 Å². The first-order chi connectivity index (χ1) is 15.1. The number of ether oxygens (including phenoxy) is 1. The van der Waals surface area contributed by atoms with Gasteiger partial charge in [0.25, 0.3) is 0 Å². The van der Waals surface area contributed by atoms with Crippen molar-refractivity contribution in [3.63, 3.8) is 0 Å². The van der Waals surface area contributed by atoms with Crippen molar-refractivity contribution >= 4 is 24.2 Å². The fourth-order valence-electron chi connectivity index (χ4n) is 5.22. The van der Waals surface area contributed by atoms with Crippen molar-refractivity contribution < 1.29 is 23.9 Å². The molecule has 2 saturated heterocycles. The van der Waals surface area contributed by atoms with Crippen molar-refractivity contribution in [2.45, 2.75) is 50.8 Å². The van der Waals surface area contributed by atoms with Gasteiger partial charge >= 0.3 is 6.09 Å². The van der Waals surface area contributed by atoms with Crippen LogP contribution in [0.1, 0.15) is 37.7 Å². The quantitative estimate of drug-likeness (QED) is 0.644.